The molecule has 2 rings (SSSR count). The van der Waals surface area contributed by atoms with Gasteiger partial charge in [-0.3, -0.25) is 0 Å². The van der Waals surface area contributed by atoms with Crippen LogP contribution < -0.4 is 0 Å². The van der Waals surface area contributed by atoms with Crippen LogP contribution in [0.3, 0.4) is 0 Å². The fraction of sp³-hybridized carbons (Fsp3) is 1.00. The first-order valence-electron chi connectivity index (χ1n) is 8.43. The Morgan fingerprint density at radius 1 is 0.611 bits per heavy atom. The minimum Gasteiger partial charge on any atom is -0.393 e. The topological polar surface area (TPSA) is 20.2 Å². The van der Waals surface area contributed by atoms with Crippen molar-refractivity contribution in [2.24, 2.45) is 17.8 Å². The molecule has 0 atom stereocenters. The molecule has 2 aliphatic carbocycles. The van der Waals surface area contributed by atoms with Crippen LogP contribution in [-0.2, 0) is 0 Å². The minimum atomic E-state index is 0.0220. The van der Waals surface area contributed by atoms with Crippen molar-refractivity contribution in [2.45, 2.75) is 92.1 Å². The van der Waals surface area contributed by atoms with Crippen molar-refractivity contribution in [1.82, 2.24) is 0 Å². The summed E-state index contributed by atoms with van der Waals surface area (Å²) in [5.74, 6) is 2.92. The van der Waals surface area contributed by atoms with Gasteiger partial charge in [-0.2, -0.15) is 0 Å². The van der Waals surface area contributed by atoms with Gasteiger partial charge in [0.2, 0.25) is 0 Å². The lowest BCUT2D eigenvalue weighted by Gasteiger charge is -2.36. The third-order valence-corrected chi connectivity index (χ3v) is 4.47. The fourth-order valence-corrected chi connectivity index (χ4v) is 3.33. The van der Waals surface area contributed by atoms with Crippen LogP contribution in [0, 0.1) is 17.8 Å². The summed E-state index contributed by atoms with van der Waals surface area (Å²) >= 11 is 0. The zero-order chi connectivity index (χ0) is 14.0. The first-order valence-corrected chi connectivity index (χ1v) is 8.43. The highest BCUT2D eigenvalue weighted by molar-refractivity contribution is 4.80. The van der Waals surface area contributed by atoms with E-state index in [4.69, 9.17) is 0 Å². The largest absolute Gasteiger partial charge is 0.393 e. The Morgan fingerprint density at radius 2 is 0.944 bits per heavy atom. The molecule has 1 N–H and O–H groups in total. The van der Waals surface area contributed by atoms with E-state index in [1.807, 2.05) is 27.7 Å². The van der Waals surface area contributed by atoms with Crippen molar-refractivity contribution >= 4 is 0 Å². The van der Waals surface area contributed by atoms with Crippen LogP contribution in [0.25, 0.3) is 0 Å². The summed E-state index contributed by atoms with van der Waals surface area (Å²) < 4.78 is 0. The van der Waals surface area contributed by atoms with Crippen LogP contribution >= 0.6 is 0 Å². The van der Waals surface area contributed by atoms with Crippen molar-refractivity contribution in [2.75, 3.05) is 0 Å². The Hall–Kier alpha value is -0.0400. The van der Waals surface area contributed by atoms with Crippen LogP contribution in [0.2, 0.25) is 0 Å². The number of hydrogen-bond acceptors (Lipinski definition) is 1. The molecule has 0 aromatic heterocycles. The summed E-state index contributed by atoms with van der Waals surface area (Å²) in [6, 6.07) is 0. The molecule has 0 aromatic carbocycles. The van der Waals surface area contributed by atoms with Crippen molar-refractivity contribution in [3.05, 3.63) is 0 Å². The van der Waals surface area contributed by atoms with Gasteiger partial charge < -0.3 is 5.11 Å². The van der Waals surface area contributed by atoms with Crippen molar-refractivity contribution < 1.29 is 5.11 Å². The van der Waals surface area contributed by atoms with Gasteiger partial charge in [-0.1, -0.05) is 47.5 Å². The minimum absolute atomic E-state index is 0.0220. The lowest BCUT2D eigenvalue weighted by Crippen LogP contribution is -2.26. The molecule has 2 fully saturated rings. The maximum Gasteiger partial charge on any atom is 0.0540 e. The third-order valence-electron chi connectivity index (χ3n) is 4.47. The Morgan fingerprint density at radius 3 is 1.33 bits per heavy atom. The van der Waals surface area contributed by atoms with E-state index in [1.165, 1.54) is 38.5 Å². The number of rotatable bonds is 1. The number of aliphatic hydroxyl groups excluding tert-OH is 1. The van der Waals surface area contributed by atoms with Crippen LogP contribution in [0.15, 0.2) is 0 Å². The van der Waals surface area contributed by atoms with Gasteiger partial charge >= 0.3 is 0 Å². The lowest BCUT2D eigenvalue weighted by atomic mass is 9.71. The van der Waals surface area contributed by atoms with E-state index in [-0.39, 0.29) is 6.10 Å². The summed E-state index contributed by atoms with van der Waals surface area (Å²) in [6.45, 7) is 10.4. The molecule has 0 aliphatic heterocycles. The second-order valence-corrected chi connectivity index (χ2v) is 5.59. The molecule has 0 radical (unpaired) electrons. The smallest absolute Gasteiger partial charge is 0.0540 e. The predicted octanol–water partition coefficient (Wildman–Crippen LogP) is 5.42. The van der Waals surface area contributed by atoms with E-state index >= 15 is 0 Å². The van der Waals surface area contributed by atoms with Crippen LogP contribution in [0.1, 0.15) is 86.0 Å². The number of aliphatic hydroxyl groups is 1. The van der Waals surface area contributed by atoms with Gasteiger partial charge in [0.15, 0.2) is 0 Å². The molecular weight excluding hydrogens is 220 g/mol. The summed E-state index contributed by atoms with van der Waals surface area (Å²) in [5, 5.41) is 9.47. The lowest BCUT2D eigenvalue weighted by molar-refractivity contribution is 0.0780. The van der Waals surface area contributed by atoms with Crippen molar-refractivity contribution in [1.29, 1.82) is 0 Å². The molecular formula is C17H36O. The Balaban J connectivity index is 0.000000659. The normalized spacial score (nSPS) is 35.7. The van der Waals surface area contributed by atoms with Gasteiger partial charge in [-0.05, 0) is 56.3 Å². The zero-order valence-electron chi connectivity index (χ0n) is 13.4. The van der Waals surface area contributed by atoms with E-state index in [9.17, 15) is 5.11 Å². The predicted molar refractivity (Wildman–Crippen MR) is 81.8 cm³/mol. The molecule has 0 heterocycles. The van der Waals surface area contributed by atoms with E-state index in [0.717, 1.165) is 30.6 Å². The summed E-state index contributed by atoms with van der Waals surface area (Å²) in [6.07, 6.45) is 10.6. The van der Waals surface area contributed by atoms with Crippen molar-refractivity contribution in [3.63, 3.8) is 0 Å². The van der Waals surface area contributed by atoms with E-state index in [1.54, 1.807) is 0 Å². The van der Waals surface area contributed by atoms with Gasteiger partial charge in [-0.15, -0.1) is 0 Å². The monoisotopic (exact) mass is 256 g/mol. The SMILES string of the molecule is CC.CC.CC1CCC(C2CCC(O)CC2)CC1. The average molecular weight is 256 g/mol. The molecule has 1 heteroatoms. The third kappa shape index (κ3) is 6.22. The average Bonchev–Trinajstić information content (AvgIpc) is 2.45. The Labute approximate surface area is 115 Å². The molecule has 18 heavy (non-hydrogen) atoms. The van der Waals surface area contributed by atoms with E-state index < -0.39 is 0 Å². The van der Waals surface area contributed by atoms with Gasteiger partial charge in [-0.25, -0.2) is 0 Å². The van der Waals surface area contributed by atoms with Crippen LogP contribution in [0.4, 0.5) is 0 Å². The van der Waals surface area contributed by atoms with E-state index in [2.05, 4.69) is 6.92 Å². The molecule has 2 aliphatic rings. The highest BCUT2D eigenvalue weighted by atomic mass is 16.3. The molecule has 110 valence electrons. The second-order valence-electron chi connectivity index (χ2n) is 5.59. The summed E-state index contributed by atoms with van der Waals surface area (Å²) in [5.41, 5.74) is 0. The molecule has 0 amide bonds. The quantitative estimate of drug-likeness (QED) is 0.664. The molecule has 2 saturated carbocycles. The van der Waals surface area contributed by atoms with Gasteiger partial charge in [0, 0.05) is 0 Å². The standard InChI is InChI=1S/C13H24O.2C2H6/c1-10-2-4-11(5-3-10)12-6-8-13(14)9-7-12;2*1-2/h10-14H,2-9H2,1H3;2*1-2H3. The fourth-order valence-electron chi connectivity index (χ4n) is 3.33. The second kappa shape index (κ2) is 10.8. The molecule has 0 bridgehead atoms. The Bertz CT molecular complexity index is 142. The highest BCUT2D eigenvalue weighted by Crippen LogP contribution is 2.39. The number of hydrogen-bond donors (Lipinski definition) is 1. The van der Waals surface area contributed by atoms with Gasteiger partial charge in [0.05, 0.1) is 6.10 Å². The van der Waals surface area contributed by atoms with E-state index in [0.29, 0.717) is 0 Å². The molecule has 0 saturated heterocycles. The van der Waals surface area contributed by atoms with Crippen LogP contribution in [0.5, 0.6) is 0 Å². The highest BCUT2D eigenvalue weighted by Gasteiger charge is 2.29. The Kier molecular flexibility index (Phi) is 10.8. The summed E-state index contributed by atoms with van der Waals surface area (Å²) in [7, 11) is 0. The van der Waals surface area contributed by atoms with Crippen molar-refractivity contribution in [3.8, 4) is 0 Å². The molecule has 0 spiro atoms. The maximum atomic E-state index is 9.47. The molecule has 0 aromatic rings. The van der Waals surface area contributed by atoms with Gasteiger partial charge in [0.1, 0.15) is 0 Å². The first kappa shape index (κ1) is 18.0. The zero-order valence-corrected chi connectivity index (χ0v) is 13.4. The van der Waals surface area contributed by atoms with Crippen LogP contribution in [-0.4, -0.2) is 11.2 Å². The molecule has 0 unspecified atom stereocenters. The molecule has 1 nitrogen and oxygen atoms in total. The summed E-state index contributed by atoms with van der Waals surface area (Å²) in [4.78, 5) is 0. The maximum absolute atomic E-state index is 9.47. The first-order chi connectivity index (χ1) is 8.75. The van der Waals surface area contributed by atoms with Gasteiger partial charge in [0.25, 0.3) is 0 Å².